The molecule has 2 aromatic heterocycles. The van der Waals surface area contributed by atoms with Crippen LogP contribution in [-0.4, -0.2) is 21.0 Å². The number of nitrogens with zero attached hydrogens (tertiary/aromatic N) is 2. The van der Waals surface area contributed by atoms with Crippen molar-refractivity contribution in [1.82, 2.24) is 9.97 Å². The van der Waals surface area contributed by atoms with Crippen LogP contribution in [0.1, 0.15) is 27.4 Å². The number of aromatic nitrogens is 2. The second kappa shape index (κ2) is 5.06. The number of hydrogen-bond acceptors (Lipinski definition) is 4. The number of aryl methyl sites for hydroxylation is 3. The van der Waals surface area contributed by atoms with Crippen LogP contribution in [0.3, 0.4) is 0 Å². The van der Waals surface area contributed by atoms with Crippen molar-refractivity contribution in [2.75, 3.05) is 0 Å². The summed E-state index contributed by atoms with van der Waals surface area (Å²) in [6.07, 6.45) is 1.66. The fraction of sp³-hybridized carbons (Fsp3) is 0.214. The zero-order valence-corrected chi connectivity index (χ0v) is 11.0. The summed E-state index contributed by atoms with van der Waals surface area (Å²) >= 11 is 0. The van der Waals surface area contributed by atoms with Crippen molar-refractivity contribution in [1.29, 1.82) is 0 Å². The molecule has 98 valence electrons. The number of carbonyl (C=O) groups is 1. The van der Waals surface area contributed by atoms with Crippen molar-refractivity contribution in [2.24, 2.45) is 0 Å². The summed E-state index contributed by atoms with van der Waals surface area (Å²) in [5.41, 5.74) is 1.92. The van der Waals surface area contributed by atoms with Gasteiger partial charge in [-0.1, -0.05) is 0 Å². The molecule has 2 heterocycles. The monoisotopic (exact) mass is 258 g/mol. The van der Waals surface area contributed by atoms with Crippen molar-refractivity contribution in [2.45, 2.75) is 20.8 Å². The molecule has 0 fully saturated rings. The van der Waals surface area contributed by atoms with E-state index in [-0.39, 0.29) is 11.3 Å². The first kappa shape index (κ1) is 13.0. The van der Waals surface area contributed by atoms with Gasteiger partial charge in [0.25, 0.3) is 0 Å². The van der Waals surface area contributed by atoms with Gasteiger partial charge in [-0.25, -0.2) is 4.79 Å². The van der Waals surface area contributed by atoms with E-state index in [9.17, 15) is 9.90 Å². The maximum atomic E-state index is 11.3. The van der Waals surface area contributed by atoms with Crippen molar-refractivity contribution >= 4 is 5.97 Å². The van der Waals surface area contributed by atoms with E-state index >= 15 is 0 Å². The third-order valence-corrected chi connectivity index (χ3v) is 2.68. The maximum absolute atomic E-state index is 11.3. The standard InChI is InChI=1S/C14H14N2O3/c1-8-7-12(13(14(17)18)10(3)16-8)19-11-5-4-6-15-9(11)2/h4-7H,1-3H3,(H,17,18). The van der Waals surface area contributed by atoms with E-state index in [1.807, 2.05) is 0 Å². The molecule has 2 aromatic rings. The molecule has 0 bridgehead atoms. The molecule has 5 heteroatoms. The smallest absolute Gasteiger partial charge is 0.341 e. The van der Waals surface area contributed by atoms with Crippen LogP contribution in [0, 0.1) is 20.8 Å². The van der Waals surface area contributed by atoms with E-state index in [1.165, 1.54) is 0 Å². The summed E-state index contributed by atoms with van der Waals surface area (Å²) in [5.74, 6) is -0.231. The largest absolute Gasteiger partial charge is 0.477 e. The Labute approximate surface area is 110 Å². The Bertz CT molecular complexity index is 639. The molecule has 0 saturated heterocycles. The highest BCUT2D eigenvalue weighted by Gasteiger charge is 2.17. The first-order valence-corrected chi connectivity index (χ1v) is 5.80. The molecule has 0 radical (unpaired) electrons. The molecule has 1 N–H and O–H groups in total. The van der Waals surface area contributed by atoms with Gasteiger partial charge in [-0.2, -0.15) is 0 Å². The van der Waals surface area contributed by atoms with Crippen LogP contribution >= 0.6 is 0 Å². The number of aromatic carboxylic acids is 1. The molecule has 2 rings (SSSR count). The normalized spacial score (nSPS) is 10.3. The molecule has 0 aliphatic carbocycles. The van der Waals surface area contributed by atoms with Crippen LogP contribution < -0.4 is 4.74 Å². The molecule has 0 aromatic carbocycles. The Morgan fingerprint density at radius 3 is 2.58 bits per heavy atom. The van der Waals surface area contributed by atoms with Gasteiger partial charge in [0, 0.05) is 18.0 Å². The molecule has 0 spiro atoms. The summed E-state index contributed by atoms with van der Waals surface area (Å²) in [4.78, 5) is 19.5. The van der Waals surface area contributed by atoms with E-state index < -0.39 is 5.97 Å². The van der Waals surface area contributed by atoms with Gasteiger partial charge < -0.3 is 9.84 Å². The van der Waals surface area contributed by atoms with E-state index in [0.29, 0.717) is 22.8 Å². The number of carboxylic acid groups (broad SMARTS) is 1. The molecule has 0 saturated carbocycles. The van der Waals surface area contributed by atoms with Crippen molar-refractivity contribution in [3.8, 4) is 11.5 Å². The van der Waals surface area contributed by atoms with Crippen LogP contribution in [0.25, 0.3) is 0 Å². The van der Waals surface area contributed by atoms with Crippen molar-refractivity contribution in [3.63, 3.8) is 0 Å². The Balaban J connectivity index is 2.51. The van der Waals surface area contributed by atoms with Gasteiger partial charge in [0.15, 0.2) is 0 Å². The maximum Gasteiger partial charge on any atom is 0.341 e. The molecule has 0 unspecified atom stereocenters. The van der Waals surface area contributed by atoms with Crippen LogP contribution in [-0.2, 0) is 0 Å². The number of ether oxygens (including phenoxy) is 1. The number of hydrogen-bond donors (Lipinski definition) is 1. The summed E-state index contributed by atoms with van der Waals surface area (Å²) in [5, 5.41) is 9.25. The summed E-state index contributed by atoms with van der Waals surface area (Å²) in [6, 6.07) is 5.10. The van der Waals surface area contributed by atoms with E-state index in [4.69, 9.17) is 4.74 Å². The van der Waals surface area contributed by atoms with Crippen LogP contribution in [0.5, 0.6) is 11.5 Å². The minimum atomic E-state index is -1.05. The molecule has 19 heavy (non-hydrogen) atoms. The minimum Gasteiger partial charge on any atom is -0.477 e. The molecule has 0 aliphatic rings. The van der Waals surface area contributed by atoms with Gasteiger partial charge in [0.05, 0.1) is 11.4 Å². The Morgan fingerprint density at radius 2 is 1.95 bits per heavy atom. The molecular formula is C14H14N2O3. The first-order chi connectivity index (χ1) is 8.99. The van der Waals surface area contributed by atoms with Gasteiger partial charge in [-0.05, 0) is 32.9 Å². The number of rotatable bonds is 3. The second-order valence-electron chi connectivity index (χ2n) is 4.22. The lowest BCUT2D eigenvalue weighted by atomic mass is 10.1. The molecule has 0 aliphatic heterocycles. The van der Waals surface area contributed by atoms with E-state index in [0.717, 1.165) is 0 Å². The minimum absolute atomic E-state index is 0.0776. The number of carboxylic acids is 1. The van der Waals surface area contributed by atoms with Crippen molar-refractivity contribution in [3.05, 3.63) is 47.0 Å². The SMILES string of the molecule is Cc1cc(Oc2cccnc2C)c(C(=O)O)c(C)n1. The summed E-state index contributed by atoms with van der Waals surface area (Å²) < 4.78 is 5.68. The topological polar surface area (TPSA) is 72.3 Å². The highest BCUT2D eigenvalue weighted by molar-refractivity contribution is 5.92. The van der Waals surface area contributed by atoms with Gasteiger partial charge in [-0.3, -0.25) is 9.97 Å². The summed E-state index contributed by atoms with van der Waals surface area (Å²) in [7, 11) is 0. The lowest BCUT2D eigenvalue weighted by Gasteiger charge is -2.12. The van der Waals surface area contributed by atoms with Crippen LogP contribution in [0.2, 0.25) is 0 Å². The van der Waals surface area contributed by atoms with Crippen LogP contribution in [0.15, 0.2) is 24.4 Å². The fourth-order valence-corrected chi connectivity index (χ4v) is 1.83. The predicted molar refractivity (Wildman–Crippen MR) is 69.7 cm³/mol. The lowest BCUT2D eigenvalue weighted by molar-refractivity contribution is 0.0692. The first-order valence-electron chi connectivity index (χ1n) is 5.80. The molecular weight excluding hydrogens is 244 g/mol. The van der Waals surface area contributed by atoms with Crippen molar-refractivity contribution < 1.29 is 14.6 Å². The Hall–Kier alpha value is -2.43. The van der Waals surface area contributed by atoms with Gasteiger partial charge in [0.1, 0.15) is 17.1 Å². The second-order valence-corrected chi connectivity index (χ2v) is 4.22. The average Bonchev–Trinajstić information content (AvgIpc) is 2.30. The summed E-state index contributed by atoms with van der Waals surface area (Å²) in [6.45, 7) is 5.25. The quantitative estimate of drug-likeness (QED) is 0.916. The average molecular weight is 258 g/mol. The van der Waals surface area contributed by atoms with Gasteiger partial charge in [-0.15, -0.1) is 0 Å². The highest BCUT2D eigenvalue weighted by Crippen LogP contribution is 2.28. The molecule has 0 atom stereocenters. The third-order valence-electron chi connectivity index (χ3n) is 2.68. The lowest BCUT2D eigenvalue weighted by Crippen LogP contribution is -2.06. The zero-order chi connectivity index (χ0) is 14.0. The van der Waals surface area contributed by atoms with Gasteiger partial charge in [0.2, 0.25) is 0 Å². The Kier molecular flexibility index (Phi) is 3.46. The molecule has 0 amide bonds. The number of pyridine rings is 2. The third kappa shape index (κ3) is 2.70. The Morgan fingerprint density at radius 1 is 1.21 bits per heavy atom. The van der Waals surface area contributed by atoms with Gasteiger partial charge >= 0.3 is 5.97 Å². The highest BCUT2D eigenvalue weighted by atomic mass is 16.5. The molecule has 5 nitrogen and oxygen atoms in total. The van der Waals surface area contributed by atoms with E-state index in [1.54, 1.807) is 45.2 Å². The predicted octanol–water partition coefficient (Wildman–Crippen LogP) is 2.89. The zero-order valence-electron chi connectivity index (χ0n) is 11.0. The fourth-order valence-electron chi connectivity index (χ4n) is 1.83. The van der Waals surface area contributed by atoms with E-state index in [2.05, 4.69) is 9.97 Å². The van der Waals surface area contributed by atoms with Crippen LogP contribution in [0.4, 0.5) is 0 Å².